The van der Waals surface area contributed by atoms with Gasteiger partial charge >= 0.3 is 0 Å². The average molecular weight is 686 g/mol. The first-order valence-corrected chi connectivity index (χ1v) is 18.1. The molecule has 0 spiro atoms. The Morgan fingerprint density at radius 3 is 2.42 bits per heavy atom. The van der Waals surface area contributed by atoms with E-state index in [1.54, 1.807) is 0 Å². The number of amides is 2. The molecule has 2 aliphatic heterocycles. The number of ether oxygens (including phenoxy) is 3. The maximum absolute atomic E-state index is 14.1. The van der Waals surface area contributed by atoms with Crippen molar-refractivity contribution >= 4 is 11.8 Å². The average Bonchev–Trinajstić information content (AvgIpc) is 3.76. The summed E-state index contributed by atoms with van der Waals surface area (Å²) in [7, 11) is 0. The standard InChI is InChI=1S/C40H51N3O7/c44-36(35(24-28-7-2-1-3-8-28)41-38(46)27-33-10-6-19-49-33)26-31(40(47)42-39-34-11-5-4-9-30(34)25-37(39)45)23-29-12-14-32(15-13-29)50-22-18-43-16-20-48-21-17-43/h1-5,7-9,11-15,31,33,35-37,39,44-45H,6,10,16-27H2,(H,41,46)(H,42,47)/t31-,33?,35+,36+,37-,39+/m1/s1. The van der Waals surface area contributed by atoms with E-state index in [1.807, 2.05) is 78.9 Å². The Labute approximate surface area is 295 Å². The van der Waals surface area contributed by atoms with E-state index in [0.29, 0.717) is 32.5 Å². The second-order valence-corrected chi connectivity index (χ2v) is 13.8. The monoisotopic (exact) mass is 685 g/mol. The van der Waals surface area contributed by atoms with Crippen LogP contribution in [0.15, 0.2) is 78.9 Å². The maximum Gasteiger partial charge on any atom is 0.224 e. The largest absolute Gasteiger partial charge is 0.492 e. The summed E-state index contributed by atoms with van der Waals surface area (Å²) in [6, 6.07) is 24.1. The first kappa shape index (κ1) is 36.0. The molecule has 3 aliphatic rings. The highest BCUT2D eigenvalue weighted by molar-refractivity contribution is 5.80. The molecule has 3 aromatic carbocycles. The lowest BCUT2D eigenvalue weighted by Gasteiger charge is -2.29. The Kier molecular flexibility index (Phi) is 12.9. The van der Waals surface area contributed by atoms with Gasteiger partial charge in [0.2, 0.25) is 11.8 Å². The predicted molar refractivity (Wildman–Crippen MR) is 190 cm³/mol. The van der Waals surface area contributed by atoms with Crippen LogP contribution >= 0.6 is 0 Å². The van der Waals surface area contributed by atoms with Crippen LogP contribution in [0.5, 0.6) is 5.75 Å². The molecule has 6 rings (SSSR count). The number of rotatable bonds is 16. The fourth-order valence-corrected chi connectivity index (χ4v) is 7.31. The number of carbonyl (C=O) groups excluding carboxylic acids is 2. The van der Waals surface area contributed by atoms with Gasteiger partial charge in [-0.25, -0.2) is 0 Å². The number of hydrogen-bond acceptors (Lipinski definition) is 8. The quantitative estimate of drug-likeness (QED) is 0.181. The van der Waals surface area contributed by atoms with Gasteiger partial charge in [-0.3, -0.25) is 14.5 Å². The fourth-order valence-electron chi connectivity index (χ4n) is 7.31. The van der Waals surface area contributed by atoms with Gasteiger partial charge in [0.25, 0.3) is 0 Å². The SMILES string of the molecule is O=C(CC1CCCO1)N[C@@H](Cc1ccccc1)[C@@H](O)C[C@@H](Cc1ccc(OCCN2CCOCC2)cc1)C(=O)N[C@H]1c2ccccc2C[C@H]1O. The summed E-state index contributed by atoms with van der Waals surface area (Å²) in [4.78, 5) is 29.6. The summed E-state index contributed by atoms with van der Waals surface area (Å²) in [6.07, 6.45) is 1.52. The Bertz CT molecular complexity index is 1510. The molecule has 50 heavy (non-hydrogen) atoms. The smallest absolute Gasteiger partial charge is 0.224 e. The molecule has 1 unspecified atom stereocenters. The highest BCUT2D eigenvalue weighted by atomic mass is 16.5. The number of carbonyl (C=O) groups is 2. The molecule has 10 nitrogen and oxygen atoms in total. The second kappa shape index (κ2) is 17.9. The van der Waals surface area contributed by atoms with E-state index in [1.165, 1.54) is 0 Å². The van der Waals surface area contributed by atoms with Crippen LogP contribution in [0.4, 0.5) is 0 Å². The van der Waals surface area contributed by atoms with E-state index in [-0.39, 0.29) is 30.8 Å². The van der Waals surface area contributed by atoms with Crippen LogP contribution in [-0.2, 0) is 38.3 Å². The van der Waals surface area contributed by atoms with Crippen molar-refractivity contribution in [3.63, 3.8) is 0 Å². The zero-order valence-corrected chi connectivity index (χ0v) is 28.8. The number of aliphatic hydroxyl groups is 2. The van der Waals surface area contributed by atoms with Gasteiger partial charge in [0, 0.05) is 38.6 Å². The minimum absolute atomic E-state index is 0.116. The van der Waals surface area contributed by atoms with Crippen molar-refractivity contribution in [1.82, 2.24) is 15.5 Å². The fraction of sp³-hybridized carbons (Fsp3) is 0.500. The molecule has 4 N–H and O–H groups in total. The van der Waals surface area contributed by atoms with Crippen molar-refractivity contribution in [2.45, 2.75) is 75.3 Å². The van der Waals surface area contributed by atoms with E-state index in [4.69, 9.17) is 14.2 Å². The molecule has 10 heteroatoms. The van der Waals surface area contributed by atoms with Crippen molar-refractivity contribution < 1.29 is 34.0 Å². The normalized spacial score (nSPS) is 22.3. The molecule has 6 atom stereocenters. The third-order valence-corrected chi connectivity index (χ3v) is 10.1. The van der Waals surface area contributed by atoms with E-state index in [2.05, 4.69) is 15.5 Å². The zero-order chi connectivity index (χ0) is 34.7. The Balaban J connectivity index is 1.16. The van der Waals surface area contributed by atoms with Gasteiger partial charge in [-0.15, -0.1) is 0 Å². The van der Waals surface area contributed by atoms with Crippen LogP contribution in [0.2, 0.25) is 0 Å². The van der Waals surface area contributed by atoms with Gasteiger partial charge < -0.3 is 35.1 Å². The van der Waals surface area contributed by atoms with Crippen LogP contribution in [-0.4, -0.2) is 97.3 Å². The number of benzene rings is 3. The summed E-state index contributed by atoms with van der Waals surface area (Å²) in [5.41, 5.74) is 3.83. The van der Waals surface area contributed by atoms with E-state index in [9.17, 15) is 19.8 Å². The van der Waals surface area contributed by atoms with Gasteiger partial charge in [-0.2, -0.15) is 0 Å². The Morgan fingerprint density at radius 2 is 1.66 bits per heavy atom. The topological polar surface area (TPSA) is 130 Å². The minimum atomic E-state index is -1.01. The number of morpholine rings is 1. The predicted octanol–water partition coefficient (Wildman–Crippen LogP) is 3.38. The van der Waals surface area contributed by atoms with Crippen LogP contribution in [0.25, 0.3) is 0 Å². The Morgan fingerprint density at radius 1 is 0.920 bits per heavy atom. The first-order chi connectivity index (χ1) is 24.4. The Hall–Kier alpha value is -3.80. The van der Waals surface area contributed by atoms with Crippen molar-refractivity contribution in [2.24, 2.45) is 5.92 Å². The van der Waals surface area contributed by atoms with Gasteiger partial charge in [-0.05, 0) is 66.5 Å². The second-order valence-electron chi connectivity index (χ2n) is 13.8. The number of nitrogens with zero attached hydrogens (tertiary/aromatic N) is 1. The highest BCUT2D eigenvalue weighted by Crippen LogP contribution is 2.32. The molecule has 0 radical (unpaired) electrons. The van der Waals surface area contributed by atoms with Gasteiger partial charge in [0.05, 0.1) is 50.0 Å². The summed E-state index contributed by atoms with van der Waals surface area (Å²) >= 11 is 0. The molecule has 0 aromatic heterocycles. The zero-order valence-electron chi connectivity index (χ0n) is 28.8. The van der Waals surface area contributed by atoms with Crippen molar-refractivity contribution in [2.75, 3.05) is 46.1 Å². The van der Waals surface area contributed by atoms with Gasteiger partial charge in [0.15, 0.2) is 0 Å². The molecule has 0 saturated carbocycles. The molecule has 0 bridgehead atoms. The summed E-state index contributed by atoms with van der Waals surface area (Å²) < 4.78 is 17.1. The van der Waals surface area contributed by atoms with Crippen LogP contribution in [0.1, 0.15) is 54.0 Å². The molecular weight excluding hydrogens is 634 g/mol. The van der Waals surface area contributed by atoms with Gasteiger partial charge in [0.1, 0.15) is 12.4 Å². The number of nitrogens with one attached hydrogen (secondary N) is 2. The van der Waals surface area contributed by atoms with E-state index < -0.39 is 30.2 Å². The summed E-state index contributed by atoms with van der Waals surface area (Å²) in [5, 5.41) is 28.9. The molecule has 2 fully saturated rings. The summed E-state index contributed by atoms with van der Waals surface area (Å²) in [6.45, 7) is 5.38. The number of fused-ring (bicyclic) bond motifs is 1. The van der Waals surface area contributed by atoms with E-state index in [0.717, 1.165) is 73.7 Å². The minimum Gasteiger partial charge on any atom is -0.492 e. The molecule has 3 aromatic rings. The van der Waals surface area contributed by atoms with Crippen molar-refractivity contribution in [1.29, 1.82) is 0 Å². The third-order valence-electron chi connectivity index (χ3n) is 10.1. The lowest BCUT2D eigenvalue weighted by Crippen LogP contribution is -2.48. The molecule has 2 saturated heterocycles. The van der Waals surface area contributed by atoms with Crippen LogP contribution in [0.3, 0.4) is 0 Å². The van der Waals surface area contributed by atoms with Gasteiger partial charge in [-0.1, -0.05) is 66.7 Å². The van der Waals surface area contributed by atoms with Crippen LogP contribution < -0.4 is 15.4 Å². The highest BCUT2D eigenvalue weighted by Gasteiger charge is 2.35. The molecule has 1 aliphatic carbocycles. The van der Waals surface area contributed by atoms with Crippen LogP contribution in [0, 0.1) is 5.92 Å². The maximum atomic E-state index is 14.1. The summed E-state index contributed by atoms with van der Waals surface area (Å²) in [5.74, 6) is -0.301. The van der Waals surface area contributed by atoms with Crippen molar-refractivity contribution in [3.05, 3.63) is 101 Å². The number of aliphatic hydroxyl groups excluding tert-OH is 2. The van der Waals surface area contributed by atoms with E-state index >= 15 is 0 Å². The molecular formula is C40H51N3O7. The lowest BCUT2D eigenvalue weighted by molar-refractivity contribution is -0.128. The van der Waals surface area contributed by atoms with Crippen molar-refractivity contribution in [3.8, 4) is 5.75 Å². The molecule has 2 amide bonds. The molecule has 268 valence electrons. The first-order valence-electron chi connectivity index (χ1n) is 18.1. The molecule has 2 heterocycles. The number of hydrogen-bond donors (Lipinski definition) is 4. The lowest BCUT2D eigenvalue weighted by atomic mass is 9.88. The third kappa shape index (κ3) is 10.1.